The Labute approximate surface area is 219 Å². The van der Waals surface area contributed by atoms with Gasteiger partial charge in [0.2, 0.25) is 5.91 Å². The van der Waals surface area contributed by atoms with E-state index in [0.717, 1.165) is 28.9 Å². The van der Waals surface area contributed by atoms with E-state index in [1.165, 1.54) is 6.92 Å². The molecule has 0 N–H and O–H groups in total. The monoisotopic (exact) mass is 508 g/mol. The number of ketones is 2. The van der Waals surface area contributed by atoms with E-state index in [0.29, 0.717) is 34.9 Å². The van der Waals surface area contributed by atoms with E-state index >= 15 is 0 Å². The van der Waals surface area contributed by atoms with Crippen LogP contribution < -0.4 is 0 Å². The summed E-state index contributed by atoms with van der Waals surface area (Å²) in [7, 11) is 0. The SMILES string of the molecule is CC(=O)c1nn(CC(=O)N2C[C@@H]3C[C@@H]3[C@H]2C(=O)Cc2cccc(C)n2)c2ccc(-c3cnc(C)nc3)cc12. The van der Waals surface area contributed by atoms with E-state index in [1.807, 2.05) is 50.2 Å². The van der Waals surface area contributed by atoms with Crippen LogP contribution in [0.4, 0.5) is 0 Å². The molecule has 2 fully saturated rings. The van der Waals surface area contributed by atoms with E-state index in [-0.39, 0.29) is 36.4 Å². The van der Waals surface area contributed by atoms with E-state index in [2.05, 4.69) is 20.1 Å². The van der Waals surface area contributed by atoms with Crippen LogP contribution in [0.5, 0.6) is 0 Å². The quantitative estimate of drug-likeness (QED) is 0.352. The van der Waals surface area contributed by atoms with Gasteiger partial charge in [-0.15, -0.1) is 0 Å². The smallest absolute Gasteiger partial charge is 0.244 e. The predicted octanol–water partition coefficient (Wildman–Crippen LogP) is 3.37. The zero-order valence-electron chi connectivity index (χ0n) is 21.6. The first-order valence-electron chi connectivity index (χ1n) is 12.8. The molecular weight excluding hydrogens is 480 g/mol. The Bertz CT molecular complexity index is 1590. The number of rotatable bonds is 7. The highest BCUT2D eigenvalue weighted by atomic mass is 16.2. The maximum atomic E-state index is 13.5. The van der Waals surface area contributed by atoms with E-state index < -0.39 is 6.04 Å². The highest BCUT2D eigenvalue weighted by Gasteiger charge is 2.56. The molecule has 3 aromatic heterocycles. The lowest BCUT2D eigenvalue weighted by Gasteiger charge is -2.26. The Morgan fingerprint density at radius 1 is 1.03 bits per heavy atom. The Balaban J connectivity index is 1.26. The molecule has 4 heterocycles. The molecule has 9 nitrogen and oxygen atoms in total. The molecule has 3 atom stereocenters. The lowest BCUT2D eigenvalue weighted by Crippen LogP contribution is -2.45. The van der Waals surface area contributed by atoms with Gasteiger partial charge in [-0.3, -0.25) is 24.0 Å². The predicted molar refractivity (Wildman–Crippen MR) is 140 cm³/mol. The van der Waals surface area contributed by atoms with Crippen LogP contribution in [0, 0.1) is 25.7 Å². The number of carbonyl (C=O) groups excluding carboxylic acids is 3. The molecule has 1 aliphatic heterocycles. The zero-order valence-corrected chi connectivity index (χ0v) is 21.6. The minimum absolute atomic E-state index is 0.0288. The average molecular weight is 509 g/mol. The fraction of sp³-hybridized carbons (Fsp3) is 0.345. The molecule has 0 radical (unpaired) electrons. The largest absolute Gasteiger partial charge is 0.330 e. The van der Waals surface area contributed by atoms with Crippen molar-refractivity contribution in [3.63, 3.8) is 0 Å². The fourth-order valence-corrected chi connectivity index (χ4v) is 5.62. The first-order chi connectivity index (χ1) is 18.3. The highest BCUT2D eigenvalue weighted by molar-refractivity contribution is 6.06. The van der Waals surface area contributed by atoms with Gasteiger partial charge >= 0.3 is 0 Å². The number of piperidine rings is 1. The standard InChI is InChI=1S/C29H28N6O3/c1-16-5-4-6-22(32-16)11-26(37)29-23-10-20(23)14-34(29)27(38)15-35-25-8-7-19(21-12-30-18(3)31-13-21)9-24(25)28(33-35)17(2)36/h4-9,12-13,20,23,29H,10-11,14-15H2,1-3H3/t20-,23-,29-/m0/s1. The summed E-state index contributed by atoms with van der Waals surface area (Å²) in [5.74, 6) is 0.957. The third-order valence-corrected chi connectivity index (χ3v) is 7.58. The third-order valence-electron chi connectivity index (χ3n) is 7.58. The maximum absolute atomic E-state index is 13.5. The molecule has 2 aliphatic rings. The molecule has 38 heavy (non-hydrogen) atoms. The summed E-state index contributed by atoms with van der Waals surface area (Å²) < 4.78 is 1.58. The number of hydrogen-bond acceptors (Lipinski definition) is 7. The van der Waals surface area contributed by atoms with Gasteiger partial charge in [0.25, 0.3) is 0 Å². The van der Waals surface area contributed by atoms with Crippen molar-refractivity contribution in [2.75, 3.05) is 6.54 Å². The lowest BCUT2D eigenvalue weighted by atomic mass is 10.0. The third kappa shape index (κ3) is 4.38. The number of aromatic nitrogens is 5. The summed E-state index contributed by atoms with van der Waals surface area (Å²) in [4.78, 5) is 54.0. The van der Waals surface area contributed by atoms with Crippen molar-refractivity contribution in [1.82, 2.24) is 29.6 Å². The number of aryl methyl sites for hydroxylation is 2. The summed E-state index contributed by atoms with van der Waals surface area (Å²) in [6, 6.07) is 10.9. The molecule has 1 amide bonds. The van der Waals surface area contributed by atoms with Crippen LogP contribution in [0.2, 0.25) is 0 Å². The summed E-state index contributed by atoms with van der Waals surface area (Å²) in [5.41, 5.74) is 4.29. The second kappa shape index (κ2) is 9.24. The van der Waals surface area contributed by atoms with Crippen LogP contribution in [-0.2, 0) is 22.6 Å². The van der Waals surface area contributed by atoms with Crippen LogP contribution in [0.15, 0.2) is 48.8 Å². The summed E-state index contributed by atoms with van der Waals surface area (Å²) in [6.45, 7) is 5.73. The Morgan fingerprint density at radius 2 is 1.82 bits per heavy atom. The number of fused-ring (bicyclic) bond motifs is 2. The number of carbonyl (C=O) groups is 3. The van der Waals surface area contributed by atoms with Crippen LogP contribution in [0.25, 0.3) is 22.0 Å². The van der Waals surface area contributed by atoms with Crippen molar-refractivity contribution in [1.29, 1.82) is 0 Å². The molecule has 1 saturated carbocycles. The molecule has 1 aromatic carbocycles. The molecule has 0 spiro atoms. The first kappa shape index (κ1) is 24.1. The Morgan fingerprint density at radius 3 is 2.55 bits per heavy atom. The van der Waals surface area contributed by atoms with E-state index in [4.69, 9.17) is 0 Å². The van der Waals surface area contributed by atoms with Gasteiger partial charge < -0.3 is 4.90 Å². The van der Waals surface area contributed by atoms with Gasteiger partial charge in [0, 0.05) is 48.2 Å². The summed E-state index contributed by atoms with van der Waals surface area (Å²) in [5, 5.41) is 5.19. The molecule has 1 saturated heterocycles. The van der Waals surface area contributed by atoms with E-state index in [1.54, 1.807) is 22.0 Å². The van der Waals surface area contributed by atoms with E-state index in [9.17, 15) is 14.4 Å². The molecule has 0 bridgehead atoms. The Kier molecular flexibility index (Phi) is 5.86. The maximum Gasteiger partial charge on any atom is 0.244 e. The molecule has 4 aromatic rings. The number of likely N-dealkylation sites (tertiary alicyclic amines) is 1. The van der Waals surface area contributed by atoms with Crippen molar-refractivity contribution < 1.29 is 14.4 Å². The minimum Gasteiger partial charge on any atom is -0.330 e. The van der Waals surface area contributed by atoms with Gasteiger partial charge in [0.1, 0.15) is 18.1 Å². The van der Waals surface area contributed by atoms with Crippen molar-refractivity contribution in [2.24, 2.45) is 11.8 Å². The van der Waals surface area contributed by atoms with Crippen molar-refractivity contribution in [3.05, 3.63) is 71.7 Å². The van der Waals surface area contributed by atoms with Crippen molar-refractivity contribution >= 4 is 28.4 Å². The van der Waals surface area contributed by atoms with Crippen LogP contribution in [0.3, 0.4) is 0 Å². The van der Waals surface area contributed by atoms with Gasteiger partial charge in [-0.05, 0) is 61.9 Å². The molecule has 192 valence electrons. The summed E-state index contributed by atoms with van der Waals surface area (Å²) >= 11 is 0. The second-order valence-corrected chi connectivity index (χ2v) is 10.4. The topological polar surface area (TPSA) is 111 Å². The highest BCUT2D eigenvalue weighted by Crippen LogP contribution is 2.50. The molecule has 9 heteroatoms. The average Bonchev–Trinajstić information content (AvgIpc) is 3.39. The molecule has 1 aliphatic carbocycles. The van der Waals surface area contributed by atoms with Gasteiger partial charge in [-0.25, -0.2) is 9.97 Å². The number of nitrogens with zero attached hydrogens (tertiary/aromatic N) is 6. The van der Waals surface area contributed by atoms with Crippen LogP contribution in [-0.4, -0.2) is 59.7 Å². The Hall–Kier alpha value is -4.27. The number of amides is 1. The van der Waals surface area contributed by atoms with Gasteiger partial charge in [-0.1, -0.05) is 12.1 Å². The minimum atomic E-state index is -0.433. The van der Waals surface area contributed by atoms with Gasteiger partial charge in [0.15, 0.2) is 11.6 Å². The number of hydrogen-bond donors (Lipinski definition) is 0. The second-order valence-electron chi connectivity index (χ2n) is 10.4. The lowest BCUT2D eigenvalue weighted by molar-refractivity contribution is -0.139. The van der Waals surface area contributed by atoms with Crippen molar-refractivity contribution in [3.8, 4) is 11.1 Å². The van der Waals surface area contributed by atoms with Crippen molar-refractivity contribution in [2.45, 2.75) is 46.2 Å². The fourth-order valence-electron chi connectivity index (χ4n) is 5.62. The summed E-state index contributed by atoms with van der Waals surface area (Å²) in [6.07, 6.45) is 4.68. The van der Waals surface area contributed by atoms with Crippen LogP contribution in [0.1, 0.15) is 41.0 Å². The normalized spacial score (nSPS) is 20.0. The molecule has 6 rings (SSSR count). The zero-order chi connectivity index (χ0) is 26.6. The van der Waals surface area contributed by atoms with Crippen LogP contribution >= 0.6 is 0 Å². The van der Waals surface area contributed by atoms with Gasteiger partial charge in [-0.2, -0.15) is 5.10 Å². The molecule has 0 unspecified atom stereocenters. The molecular formula is C29H28N6O3. The first-order valence-corrected chi connectivity index (χ1v) is 12.8. The number of pyridine rings is 1. The van der Waals surface area contributed by atoms with Gasteiger partial charge in [0.05, 0.1) is 18.0 Å². The number of benzene rings is 1. The number of Topliss-reactive ketones (excluding diaryl/α,β-unsaturated/α-hetero) is 2.